The molecule has 0 atom stereocenters. The molecule has 2 aliphatic rings. The zero-order valence-electron chi connectivity index (χ0n) is 15.9. The second-order valence-electron chi connectivity index (χ2n) is 7.00. The topological polar surface area (TPSA) is 88.6 Å². The van der Waals surface area contributed by atoms with E-state index in [2.05, 4.69) is 10.3 Å². The SMILES string of the molecule is O=C(Nc1cc(Cl)cc(C2=CCOCC2)c1)c1cc(N2CCCS2(=O)=O)ncc1Cl. The average molecular weight is 468 g/mol. The number of rotatable bonds is 4. The van der Waals surface area contributed by atoms with E-state index in [1.807, 2.05) is 18.2 Å². The van der Waals surface area contributed by atoms with Crippen LogP contribution in [0.4, 0.5) is 11.5 Å². The number of benzene rings is 1. The third kappa shape index (κ3) is 4.46. The zero-order valence-corrected chi connectivity index (χ0v) is 18.2. The summed E-state index contributed by atoms with van der Waals surface area (Å²) in [4.78, 5) is 17.0. The first kappa shape index (κ1) is 21.1. The molecule has 158 valence electrons. The molecule has 7 nitrogen and oxygen atoms in total. The molecule has 2 aliphatic heterocycles. The molecule has 10 heteroatoms. The minimum Gasteiger partial charge on any atom is -0.377 e. The second-order valence-corrected chi connectivity index (χ2v) is 9.86. The van der Waals surface area contributed by atoms with Crippen molar-refractivity contribution in [3.05, 3.63) is 57.7 Å². The molecular weight excluding hydrogens is 449 g/mol. The Morgan fingerprint density at radius 1 is 1.20 bits per heavy atom. The number of nitrogens with one attached hydrogen (secondary N) is 1. The number of aromatic nitrogens is 1. The van der Waals surface area contributed by atoms with Gasteiger partial charge in [0, 0.05) is 23.5 Å². The molecule has 3 heterocycles. The van der Waals surface area contributed by atoms with E-state index in [4.69, 9.17) is 27.9 Å². The number of sulfonamides is 1. The van der Waals surface area contributed by atoms with Crippen LogP contribution in [0, 0.1) is 0 Å². The molecule has 0 saturated carbocycles. The van der Waals surface area contributed by atoms with E-state index in [9.17, 15) is 13.2 Å². The Bertz CT molecular complexity index is 1130. The van der Waals surface area contributed by atoms with E-state index < -0.39 is 15.9 Å². The fraction of sp³-hybridized carbons (Fsp3) is 0.300. The van der Waals surface area contributed by atoms with Crippen LogP contribution in [0.1, 0.15) is 28.8 Å². The monoisotopic (exact) mass is 467 g/mol. The van der Waals surface area contributed by atoms with Crippen molar-refractivity contribution < 1.29 is 17.9 Å². The first-order chi connectivity index (χ1) is 14.3. The van der Waals surface area contributed by atoms with E-state index in [0.717, 1.165) is 17.6 Å². The first-order valence-electron chi connectivity index (χ1n) is 9.38. The fourth-order valence-electron chi connectivity index (χ4n) is 3.47. The molecule has 0 spiro atoms. The third-order valence-corrected chi connectivity index (χ3v) is 7.30. The van der Waals surface area contributed by atoms with Gasteiger partial charge in [0.05, 0.1) is 29.6 Å². The summed E-state index contributed by atoms with van der Waals surface area (Å²) in [5.41, 5.74) is 2.65. The van der Waals surface area contributed by atoms with Crippen LogP contribution < -0.4 is 9.62 Å². The Hall–Kier alpha value is -2.13. The highest BCUT2D eigenvalue weighted by atomic mass is 35.5. The highest BCUT2D eigenvalue weighted by Gasteiger charge is 2.30. The zero-order chi connectivity index (χ0) is 21.3. The van der Waals surface area contributed by atoms with Crippen LogP contribution in [0.5, 0.6) is 0 Å². The van der Waals surface area contributed by atoms with Gasteiger partial charge in [-0.25, -0.2) is 13.4 Å². The Morgan fingerprint density at radius 2 is 2.03 bits per heavy atom. The number of carbonyl (C=O) groups excluding carboxylic acids is 1. The Labute approximate surface area is 184 Å². The van der Waals surface area contributed by atoms with Gasteiger partial charge in [-0.2, -0.15) is 0 Å². The second kappa shape index (κ2) is 8.55. The first-order valence-corrected chi connectivity index (χ1v) is 11.7. The van der Waals surface area contributed by atoms with Crippen molar-refractivity contribution >= 4 is 56.2 Å². The molecule has 1 aromatic heterocycles. The fourth-order valence-corrected chi connectivity index (χ4v) is 5.40. The molecule has 0 aliphatic carbocycles. The van der Waals surface area contributed by atoms with Crippen molar-refractivity contribution in [1.29, 1.82) is 0 Å². The molecule has 1 saturated heterocycles. The predicted molar refractivity (Wildman–Crippen MR) is 118 cm³/mol. The van der Waals surface area contributed by atoms with Gasteiger partial charge >= 0.3 is 0 Å². The Morgan fingerprint density at radius 3 is 2.73 bits per heavy atom. The molecule has 1 aromatic carbocycles. The maximum atomic E-state index is 12.9. The summed E-state index contributed by atoms with van der Waals surface area (Å²) in [5.74, 6) is -0.235. The molecule has 4 rings (SSSR count). The van der Waals surface area contributed by atoms with Crippen LogP contribution in [-0.4, -0.2) is 44.8 Å². The molecule has 1 N–H and O–H groups in total. The summed E-state index contributed by atoms with van der Waals surface area (Å²) in [6.45, 7) is 1.50. The van der Waals surface area contributed by atoms with Crippen molar-refractivity contribution in [3.63, 3.8) is 0 Å². The van der Waals surface area contributed by atoms with E-state index in [0.29, 0.717) is 36.9 Å². The maximum absolute atomic E-state index is 12.9. The lowest BCUT2D eigenvalue weighted by molar-refractivity contribution is 0.102. The van der Waals surface area contributed by atoms with Crippen LogP contribution >= 0.6 is 23.2 Å². The number of nitrogens with zero attached hydrogens (tertiary/aromatic N) is 2. The predicted octanol–water partition coefficient (Wildman–Crippen LogP) is 3.98. The molecule has 0 unspecified atom stereocenters. The summed E-state index contributed by atoms with van der Waals surface area (Å²) in [6.07, 6.45) is 4.55. The van der Waals surface area contributed by atoms with Crippen LogP contribution in [-0.2, 0) is 14.8 Å². The summed E-state index contributed by atoms with van der Waals surface area (Å²) in [7, 11) is -3.42. The molecule has 0 bridgehead atoms. The summed E-state index contributed by atoms with van der Waals surface area (Å²) in [6, 6.07) is 6.71. The maximum Gasteiger partial charge on any atom is 0.257 e. The van der Waals surface area contributed by atoms with Crippen molar-refractivity contribution in [2.45, 2.75) is 12.8 Å². The number of hydrogen-bond acceptors (Lipinski definition) is 5. The lowest BCUT2D eigenvalue weighted by Gasteiger charge is -2.17. The minimum atomic E-state index is -3.42. The third-order valence-electron chi connectivity index (χ3n) is 4.93. The molecular formula is C20H19Cl2N3O4S. The number of carbonyl (C=O) groups is 1. The Kier molecular flexibility index (Phi) is 6.02. The van der Waals surface area contributed by atoms with E-state index in [1.165, 1.54) is 16.6 Å². The standard InChI is InChI=1S/C20H19Cl2N3O4S/c21-15-8-14(13-2-5-29-6-3-13)9-16(10-15)24-20(26)17-11-19(23-12-18(17)22)25-4-1-7-30(25,27)28/h2,8-12H,1,3-7H2,(H,24,26). The van der Waals surface area contributed by atoms with Gasteiger partial charge in [0.1, 0.15) is 5.82 Å². The van der Waals surface area contributed by atoms with Crippen LogP contribution in [0.2, 0.25) is 10.0 Å². The van der Waals surface area contributed by atoms with Gasteiger partial charge in [-0.15, -0.1) is 0 Å². The van der Waals surface area contributed by atoms with Crippen molar-refractivity contribution in [2.24, 2.45) is 0 Å². The number of pyridine rings is 1. The van der Waals surface area contributed by atoms with Crippen LogP contribution in [0.25, 0.3) is 5.57 Å². The number of anilines is 2. The van der Waals surface area contributed by atoms with Gasteiger partial charge in [-0.3, -0.25) is 9.10 Å². The molecule has 1 fully saturated rings. The van der Waals surface area contributed by atoms with Gasteiger partial charge in [0.2, 0.25) is 10.0 Å². The number of hydrogen-bond donors (Lipinski definition) is 1. The van der Waals surface area contributed by atoms with E-state index in [1.54, 1.807) is 6.07 Å². The number of ether oxygens (including phenoxy) is 1. The average Bonchev–Trinajstić information content (AvgIpc) is 3.07. The van der Waals surface area contributed by atoms with Gasteiger partial charge in [-0.05, 0) is 48.2 Å². The van der Waals surface area contributed by atoms with Gasteiger partial charge < -0.3 is 10.1 Å². The van der Waals surface area contributed by atoms with Crippen molar-refractivity contribution in [1.82, 2.24) is 4.98 Å². The lowest BCUT2D eigenvalue weighted by atomic mass is 10.0. The largest absolute Gasteiger partial charge is 0.377 e. The van der Waals surface area contributed by atoms with E-state index in [-0.39, 0.29) is 22.2 Å². The van der Waals surface area contributed by atoms with Gasteiger partial charge in [0.25, 0.3) is 5.91 Å². The van der Waals surface area contributed by atoms with Crippen molar-refractivity contribution in [3.8, 4) is 0 Å². The minimum absolute atomic E-state index is 0.0605. The summed E-state index contributed by atoms with van der Waals surface area (Å²) in [5, 5.41) is 3.41. The van der Waals surface area contributed by atoms with Gasteiger partial charge in [0.15, 0.2) is 0 Å². The number of halogens is 2. The lowest BCUT2D eigenvalue weighted by Crippen LogP contribution is -2.26. The van der Waals surface area contributed by atoms with Gasteiger partial charge in [-0.1, -0.05) is 29.3 Å². The molecule has 2 aromatic rings. The molecule has 30 heavy (non-hydrogen) atoms. The normalized spacial score (nSPS) is 18.2. The molecule has 1 amide bonds. The Balaban J connectivity index is 1.61. The van der Waals surface area contributed by atoms with Crippen molar-refractivity contribution in [2.75, 3.05) is 35.1 Å². The molecule has 0 radical (unpaired) electrons. The summed E-state index contributed by atoms with van der Waals surface area (Å²) < 4.78 is 30.9. The number of amides is 1. The highest BCUT2D eigenvalue weighted by molar-refractivity contribution is 7.93. The smallest absolute Gasteiger partial charge is 0.257 e. The highest BCUT2D eigenvalue weighted by Crippen LogP contribution is 2.29. The van der Waals surface area contributed by atoms with E-state index >= 15 is 0 Å². The van der Waals surface area contributed by atoms with Crippen LogP contribution in [0.3, 0.4) is 0 Å². The quantitative estimate of drug-likeness (QED) is 0.734. The van der Waals surface area contributed by atoms with Crippen LogP contribution in [0.15, 0.2) is 36.5 Å². The summed E-state index contributed by atoms with van der Waals surface area (Å²) >= 11 is 12.4.